The highest BCUT2D eigenvalue weighted by Crippen LogP contribution is 2.27. The summed E-state index contributed by atoms with van der Waals surface area (Å²) < 4.78 is 0. The molecule has 24 heavy (non-hydrogen) atoms. The van der Waals surface area contributed by atoms with Gasteiger partial charge >= 0.3 is 0 Å². The lowest BCUT2D eigenvalue weighted by molar-refractivity contribution is -0.126. The maximum atomic E-state index is 12.5. The van der Waals surface area contributed by atoms with Gasteiger partial charge in [-0.15, -0.1) is 12.4 Å². The molecule has 1 aromatic carbocycles. The fraction of sp³-hybridized carbons (Fsp3) is 0.471. The molecule has 0 saturated heterocycles. The molecule has 0 saturated carbocycles. The number of nitrogens with one attached hydrogen (secondary N) is 1. The molecule has 132 valence electrons. The molecule has 0 aromatic heterocycles. The topological polar surface area (TPSA) is 92.5 Å². The molecule has 0 fully saturated rings. The lowest BCUT2D eigenvalue weighted by Gasteiger charge is -2.28. The molecule has 0 aliphatic carbocycles. The molecule has 3 N–H and O–H groups in total. The predicted molar refractivity (Wildman–Crippen MR) is 94.1 cm³/mol. The van der Waals surface area contributed by atoms with Gasteiger partial charge in [-0.1, -0.05) is 26.0 Å². The van der Waals surface area contributed by atoms with Gasteiger partial charge in [-0.25, -0.2) is 0 Å². The first kappa shape index (κ1) is 20.1. The van der Waals surface area contributed by atoms with Crippen LogP contribution in [0.5, 0.6) is 0 Å². The Bertz CT molecular complexity index is 596. The molecule has 1 heterocycles. The van der Waals surface area contributed by atoms with Crippen LogP contribution in [0.4, 0.5) is 0 Å². The van der Waals surface area contributed by atoms with E-state index in [-0.39, 0.29) is 30.3 Å². The molecule has 0 radical (unpaired) electrons. The average Bonchev–Trinajstić information content (AvgIpc) is 2.73. The van der Waals surface area contributed by atoms with Crippen molar-refractivity contribution < 1.29 is 14.4 Å². The molecule has 6 nitrogen and oxygen atoms in total. The lowest BCUT2D eigenvalue weighted by atomic mass is 10.0. The van der Waals surface area contributed by atoms with E-state index in [0.29, 0.717) is 24.1 Å². The Morgan fingerprint density at radius 2 is 1.62 bits per heavy atom. The van der Waals surface area contributed by atoms with Gasteiger partial charge in [-0.3, -0.25) is 19.3 Å². The number of hydrogen-bond acceptors (Lipinski definition) is 4. The monoisotopic (exact) mass is 353 g/mol. The van der Waals surface area contributed by atoms with Crippen molar-refractivity contribution in [3.63, 3.8) is 0 Å². The third kappa shape index (κ3) is 3.94. The van der Waals surface area contributed by atoms with Gasteiger partial charge in [0.25, 0.3) is 11.8 Å². The highest BCUT2D eigenvalue weighted by atomic mass is 35.5. The van der Waals surface area contributed by atoms with E-state index in [1.54, 1.807) is 24.3 Å². The number of carbonyl (C=O) groups is 3. The summed E-state index contributed by atoms with van der Waals surface area (Å²) in [5, 5.41) is 2.78. The van der Waals surface area contributed by atoms with Gasteiger partial charge in [-0.05, 0) is 31.4 Å². The van der Waals surface area contributed by atoms with E-state index >= 15 is 0 Å². The lowest BCUT2D eigenvalue weighted by Crippen LogP contribution is -2.52. The zero-order valence-corrected chi connectivity index (χ0v) is 14.9. The van der Waals surface area contributed by atoms with Crippen molar-refractivity contribution >= 4 is 30.1 Å². The number of nitrogens with two attached hydrogens (primary N) is 1. The number of rotatable bonds is 6. The van der Waals surface area contributed by atoms with Crippen LogP contribution in [-0.2, 0) is 4.79 Å². The van der Waals surface area contributed by atoms with E-state index in [0.717, 1.165) is 4.90 Å². The maximum absolute atomic E-state index is 12.5. The zero-order chi connectivity index (χ0) is 17.1. The number of halogens is 1. The van der Waals surface area contributed by atoms with Crippen LogP contribution in [0.3, 0.4) is 0 Å². The molecular formula is C17H24ClN3O3. The fourth-order valence-electron chi connectivity index (χ4n) is 2.71. The van der Waals surface area contributed by atoms with E-state index in [1.807, 2.05) is 20.8 Å². The van der Waals surface area contributed by atoms with Crippen LogP contribution in [0.25, 0.3) is 0 Å². The molecule has 1 aromatic rings. The Labute approximate surface area is 148 Å². The number of fused-ring (bicyclic) bond motifs is 1. The SMILES string of the molecule is CC(N)CCNC(=O)C(C(C)C)N1C(=O)c2ccccc2C1=O.Cl. The van der Waals surface area contributed by atoms with E-state index in [9.17, 15) is 14.4 Å². The number of hydrogen-bond donors (Lipinski definition) is 2. The van der Waals surface area contributed by atoms with Gasteiger partial charge < -0.3 is 11.1 Å². The molecule has 2 rings (SSSR count). The van der Waals surface area contributed by atoms with Crippen LogP contribution < -0.4 is 11.1 Å². The summed E-state index contributed by atoms with van der Waals surface area (Å²) in [4.78, 5) is 38.7. The van der Waals surface area contributed by atoms with Crippen molar-refractivity contribution in [1.82, 2.24) is 10.2 Å². The van der Waals surface area contributed by atoms with Crippen LogP contribution in [0.15, 0.2) is 24.3 Å². The van der Waals surface area contributed by atoms with Crippen LogP contribution in [0.1, 0.15) is 47.9 Å². The minimum atomic E-state index is -0.824. The molecule has 2 unspecified atom stereocenters. The van der Waals surface area contributed by atoms with Crippen molar-refractivity contribution in [2.24, 2.45) is 11.7 Å². The Hall–Kier alpha value is -1.92. The molecule has 7 heteroatoms. The summed E-state index contributed by atoms with van der Waals surface area (Å²) >= 11 is 0. The van der Waals surface area contributed by atoms with Crippen molar-refractivity contribution in [1.29, 1.82) is 0 Å². The molecule has 0 bridgehead atoms. The second-order valence-corrected chi connectivity index (χ2v) is 6.27. The Kier molecular flexibility index (Phi) is 6.93. The second-order valence-electron chi connectivity index (χ2n) is 6.27. The summed E-state index contributed by atoms with van der Waals surface area (Å²) in [6.45, 7) is 5.91. The van der Waals surface area contributed by atoms with Gasteiger partial charge in [0.1, 0.15) is 6.04 Å². The van der Waals surface area contributed by atoms with Crippen LogP contribution in [-0.4, -0.2) is 41.2 Å². The Balaban J connectivity index is 0.00000288. The van der Waals surface area contributed by atoms with Gasteiger partial charge in [0.05, 0.1) is 11.1 Å². The third-order valence-electron chi connectivity index (χ3n) is 3.90. The highest BCUT2D eigenvalue weighted by Gasteiger charge is 2.43. The second kappa shape index (κ2) is 8.26. The Morgan fingerprint density at radius 3 is 2.04 bits per heavy atom. The smallest absolute Gasteiger partial charge is 0.262 e. The van der Waals surface area contributed by atoms with E-state index in [1.165, 1.54) is 0 Å². The number of amides is 3. The molecular weight excluding hydrogens is 330 g/mol. The summed E-state index contributed by atoms with van der Waals surface area (Å²) in [5.41, 5.74) is 6.37. The van der Waals surface area contributed by atoms with Crippen molar-refractivity contribution in [3.8, 4) is 0 Å². The third-order valence-corrected chi connectivity index (χ3v) is 3.90. The van der Waals surface area contributed by atoms with Crippen LogP contribution in [0.2, 0.25) is 0 Å². The van der Waals surface area contributed by atoms with Crippen molar-refractivity contribution in [2.75, 3.05) is 6.54 Å². The van der Waals surface area contributed by atoms with Crippen molar-refractivity contribution in [3.05, 3.63) is 35.4 Å². The van der Waals surface area contributed by atoms with Gasteiger partial charge in [0.2, 0.25) is 5.91 Å². The maximum Gasteiger partial charge on any atom is 0.262 e. The normalized spacial score (nSPS) is 15.8. The molecule has 1 aliphatic heterocycles. The fourth-order valence-corrected chi connectivity index (χ4v) is 2.71. The number of carbonyl (C=O) groups excluding carboxylic acids is 3. The first-order chi connectivity index (χ1) is 10.8. The predicted octanol–water partition coefficient (Wildman–Crippen LogP) is 1.58. The summed E-state index contributed by atoms with van der Waals surface area (Å²) in [6, 6.07) is 5.80. The number of nitrogens with zero attached hydrogens (tertiary/aromatic N) is 1. The Morgan fingerprint density at radius 1 is 1.12 bits per heavy atom. The summed E-state index contributed by atoms with van der Waals surface area (Å²) in [7, 11) is 0. The van der Waals surface area contributed by atoms with E-state index in [4.69, 9.17) is 5.73 Å². The average molecular weight is 354 g/mol. The molecule has 2 atom stereocenters. The summed E-state index contributed by atoms with van der Waals surface area (Å²) in [5.74, 6) is -1.33. The number of imide groups is 1. The molecule has 1 aliphatic rings. The van der Waals surface area contributed by atoms with E-state index < -0.39 is 17.9 Å². The van der Waals surface area contributed by atoms with E-state index in [2.05, 4.69) is 5.32 Å². The quantitative estimate of drug-likeness (QED) is 0.759. The minimum absolute atomic E-state index is 0. The van der Waals surface area contributed by atoms with Crippen LogP contribution >= 0.6 is 12.4 Å². The highest BCUT2D eigenvalue weighted by molar-refractivity contribution is 6.22. The van der Waals surface area contributed by atoms with Crippen molar-refractivity contribution in [2.45, 2.75) is 39.3 Å². The summed E-state index contributed by atoms with van der Waals surface area (Å²) in [6.07, 6.45) is 0.638. The van der Waals surface area contributed by atoms with Gasteiger partial charge in [0.15, 0.2) is 0 Å². The minimum Gasteiger partial charge on any atom is -0.354 e. The first-order valence-electron chi connectivity index (χ1n) is 7.84. The zero-order valence-electron chi connectivity index (χ0n) is 14.1. The number of benzene rings is 1. The standard InChI is InChI=1S/C17H23N3O3.ClH/c1-10(2)14(15(21)19-9-8-11(3)18)20-16(22)12-6-4-5-7-13(12)17(20)23;/h4-7,10-11,14H,8-9,18H2,1-3H3,(H,19,21);1H. The first-order valence-corrected chi connectivity index (χ1v) is 7.84. The molecule has 3 amide bonds. The van der Waals surface area contributed by atoms with Gasteiger partial charge in [0, 0.05) is 12.6 Å². The van der Waals surface area contributed by atoms with Gasteiger partial charge in [-0.2, -0.15) is 0 Å². The molecule has 0 spiro atoms. The van der Waals surface area contributed by atoms with Crippen LogP contribution in [0, 0.1) is 5.92 Å². The largest absolute Gasteiger partial charge is 0.354 e.